The van der Waals surface area contributed by atoms with Crippen LogP contribution in [0.2, 0.25) is 0 Å². The van der Waals surface area contributed by atoms with Gasteiger partial charge in [0.15, 0.2) is 0 Å². The number of fused-ring (bicyclic) bond motifs is 5. The lowest BCUT2D eigenvalue weighted by Crippen LogP contribution is -2.47. The topological polar surface area (TPSA) is 159 Å². The quantitative estimate of drug-likeness (QED) is 0.0356. The molecule has 1 fully saturated rings. The Kier molecular flexibility index (Phi) is 13.9. The Hall–Kier alpha value is -5.06. The summed E-state index contributed by atoms with van der Waals surface area (Å²) >= 11 is 0. The van der Waals surface area contributed by atoms with Crippen molar-refractivity contribution in [3.8, 4) is 17.1 Å². The molecule has 2 aromatic carbocycles. The number of carbonyl (C=O) groups excluding carboxylic acids is 4. The highest BCUT2D eigenvalue weighted by atomic mass is 33.1. The second-order valence-corrected chi connectivity index (χ2v) is 19.5. The van der Waals surface area contributed by atoms with E-state index in [0.29, 0.717) is 53.2 Å². The van der Waals surface area contributed by atoms with Crippen LogP contribution in [0.25, 0.3) is 22.3 Å². The van der Waals surface area contributed by atoms with Gasteiger partial charge in [0.1, 0.15) is 18.0 Å². The maximum absolute atomic E-state index is 14.2. The highest BCUT2D eigenvalue weighted by Gasteiger charge is 2.50. The third-order valence-corrected chi connectivity index (χ3v) is 13.9. The van der Waals surface area contributed by atoms with Crippen molar-refractivity contribution in [3.05, 3.63) is 81.1 Å². The molecule has 1 N–H and O–H groups in total. The molecule has 3 aliphatic rings. The third kappa shape index (κ3) is 9.92. The molecule has 14 nitrogen and oxygen atoms in total. The summed E-state index contributed by atoms with van der Waals surface area (Å²) in [5.41, 5.74) is 3.29. The molecule has 0 bridgehead atoms. The number of piperazine rings is 1. The number of carbonyl (C=O) groups is 4. The summed E-state index contributed by atoms with van der Waals surface area (Å²) in [4.78, 5) is 75.7. The maximum Gasteiger partial charge on any atom is 0.514 e. The predicted octanol–water partition coefficient (Wildman–Crippen LogP) is 7.84. The molecule has 62 heavy (non-hydrogen) atoms. The second-order valence-electron chi connectivity index (χ2n) is 16.8. The molecule has 0 unspecified atom stereocenters. The fourth-order valence-electron chi connectivity index (χ4n) is 8.11. The number of hydrogen-bond acceptors (Lipinski definition) is 14. The molecule has 1 amide bonds. The normalized spacial score (nSPS) is 17.2. The van der Waals surface area contributed by atoms with E-state index in [0.717, 1.165) is 60.6 Å². The Morgan fingerprint density at radius 3 is 2.31 bits per heavy atom. The molecule has 16 heteroatoms. The molecule has 4 aromatic rings. The summed E-state index contributed by atoms with van der Waals surface area (Å²) < 4.78 is 24.0. The first-order valence-electron chi connectivity index (χ1n) is 21.3. The minimum Gasteiger partial charge on any atom is -0.457 e. The van der Waals surface area contributed by atoms with E-state index in [9.17, 15) is 24.0 Å². The first-order chi connectivity index (χ1) is 29.7. The molecule has 330 valence electrons. The molecular weight excluding hydrogens is 831 g/mol. The number of nitrogens with one attached hydrogen (secondary N) is 1. The van der Waals surface area contributed by atoms with E-state index in [1.165, 1.54) is 5.69 Å². The molecule has 0 aliphatic carbocycles. The number of rotatable bonds is 15. The fourth-order valence-corrected chi connectivity index (χ4v) is 10.3. The van der Waals surface area contributed by atoms with Gasteiger partial charge in [-0.1, -0.05) is 35.4 Å². The maximum atomic E-state index is 14.2. The van der Waals surface area contributed by atoms with Crippen LogP contribution in [0.1, 0.15) is 89.0 Å². The number of ether oxygens (including phenoxy) is 4. The van der Waals surface area contributed by atoms with Crippen molar-refractivity contribution < 1.29 is 38.1 Å². The predicted molar refractivity (Wildman–Crippen MR) is 243 cm³/mol. The number of likely N-dealkylation sites (N-methyl/N-ethyl adjacent to an activating group) is 1. The minimum atomic E-state index is -1.78. The van der Waals surface area contributed by atoms with Crippen LogP contribution in [-0.2, 0) is 53.8 Å². The number of aromatic nitrogens is 2. The lowest BCUT2D eigenvalue weighted by molar-refractivity contribution is -0.189. The van der Waals surface area contributed by atoms with E-state index in [1.807, 2.05) is 19.1 Å². The number of benzene rings is 2. The van der Waals surface area contributed by atoms with Crippen molar-refractivity contribution in [2.45, 2.75) is 97.5 Å². The smallest absolute Gasteiger partial charge is 0.457 e. The van der Waals surface area contributed by atoms with Crippen LogP contribution >= 0.6 is 21.6 Å². The number of amides is 1. The van der Waals surface area contributed by atoms with Crippen LogP contribution in [0.4, 0.5) is 16.2 Å². The molecule has 5 heterocycles. The van der Waals surface area contributed by atoms with Crippen molar-refractivity contribution in [1.82, 2.24) is 14.5 Å². The molecule has 1 atom stereocenters. The molecule has 0 radical (unpaired) electrons. The van der Waals surface area contributed by atoms with Gasteiger partial charge in [0.05, 0.1) is 29.0 Å². The summed E-state index contributed by atoms with van der Waals surface area (Å²) in [6, 6.07) is 14.9. The van der Waals surface area contributed by atoms with Gasteiger partial charge in [-0.05, 0) is 108 Å². The Bertz CT molecular complexity index is 2410. The van der Waals surface area contributed by atoms with Gasteiger partial charge in [0.2, 0.25) is 11.5 Å². The minimum absolute atomic E-state index is 0.0203. The van der Waals surface area contributed by atoms with E-state index in [2.05, 4.69) is 34.3 Å². The Balaban J connectivity index is 0.934. The van der Waals surface area contributed by atoms with Gasteiger partial charge in [-0.2, -0.15) is 0 Å². The molecular formula is C46H55N5O9S2. The summed E-state index contributed by atoms with van der Waals surface area (Å²) in [6.45, 7) is 13.1. The van der Waals surface area contributed by atoms with E-state index >= 15 is 0 Å². The van der Waals surface area contributed by atoms with Crippen molar-refractivity contribution in [2.24, 2.45) is 0 Å². The molecule has 0 saturated carbocycles. The van der Waals surface area contributed by atoms with Gasteiger partial charge in [-0.3, -0.25) is 14.4 Å². The van der Waals surface area contributed by atoms with Crippen LogP contribution in [0.15, 0.2) is 53.3 Å². The first kappa shape index (κ1) is 45.0. The standard InChI is InChI=1S/C46H55N5O9S2/c1-7-32-33-25-31(58-44(56)60-45(3,4)5)17-18-37(33)48-41-34(32)27-51-38(41)26-36-35(42(51)54)28-57-43(55)46(36,8-2)59-40(53)12-10-24-62-61-23-9-11-39(52)47-29-13-15-30(16-14-29)50-21-19-49(6)20-22-50/h13-18,25-26H,7-12,19-24,27-28H2,1-6H3,(H,47,52)/t46-/m0/s1. The monoisotopic (exact) mass is 885 g/mol. The van der Waals surface area contributed by atoms with Gasteiger partial charge >= 0.3 is 18.1 Å². The van der Waals surface area contributed by atoms with Gasteiger partial charge in [0.25, 0.3) is 5.56 Å². The zero-order valence-corrected chi connectivity index (χ0v) is 37.9. The van der Waals surface area contributed by atoms with Gasteiger partial charge in [0, 0.05) is 78.4 Å². The van der Waals surface area contributed by atoms with Gasteiger partial charge in [-0.15, -0.1) is 0 Å². The number of esters is 2. The van der Waals surface area contributed by atoms with E-state index in [4.69, 9.17) is 23.9 Å². The van der Waals surface area contributed by atoms with Crippen molar-refractivity contribution in [3.63, 3.8) is 0 Å². The van der Waals surface area contributed by atoms with E-state index < -0.39 is 29.3 Å². The molecule has 3 aliphatic heterocycles. The fraction of sp³-hybridized carbons (Fsp3) is 0.478. The van der Waals surface area contributed by atoms with Gasteiger partial charge in [-0.25, -0.2) is 14.6 Å². The van der Waals surface area contributed by atoms with E-state index in [1.54, 1.807) is 78.1 Å². The van der Waals surface area contributed by atoms with Crippen LogP contribution in [0.5, 0.6) is 5.75 Å². The lowest BCUT2D eigenvalue weighted by Gasteiger charge is -2.35. The SMILES string of the molecule is CCc1c2c(nc3ccc(OC(=O)OC(C)(C)C)cc13)-c1cc3c(c(=O)n1C2)COC(=O)[C@@]3(CC)OC(=O)CCCSSCCCC(=O)Nc1ccc(N2CCN(C)CC2)cc1. The Morgan fingerprint density at radius 2 is 1.63 bits per heavy atom. The van der Waals surface area contributed by atoms with Crippen LogP contribution in [-0.4, -0.2) is 88.8 Å². The zero-order valence-electron chi connectivity index (χ0n) is 36.3. The largest absolute Gasteiger partial charge is 0.514 e. The highest BCUT2D eigenvalue weighted by molar-refractivity contribution is 8.76. The summed E-state index contributed by atoms with van der Waals surface area (Å²) in [7, 11) is 5.41. The summed E-state index contributed by atoms with van der Waals surface area (Å²) in [5, 5.41) is 3.78. The number of nitrogens with zero attached hydrogens (tertiary/aromatic N) is 4. The number of hydrogen-bond donors (Lipinski definition) is 1. The van der Waals surface area contributed by atoms with Crippen molar-refractivity contribution in [1.29, 1.82) is 0 Å². The van der Waals surface area contributed by atoms with Crippen LogP contribution in [0.3, 0.4) is 0 Å². The number of cyclic esters (lactones) is 1. The zero-order chi connectivity index (χ0) is 44.2. The second kappa shape index (κ2) is 19.1. The van der Waals surface area contributed by atoms with E-state index in [-0.39, 0.29) is 43.0 Å². The average molecular weight is 886 g/mol. The number of aryl methyl sites for hydroxylation is 1. The van der Waals surface area contributed by atoms with Crippen LogP contribution < -0.4 is 20.5 Å². The average Bonchev–Trinajstić information content (AvgIpc) is 3.60. The number of pyridine rings is 2. The van der Waals surface area contributed by atoms with Gasteiger partial charge < -0.3 is 38.6 Å². The molecule has 7 rings (SSSR count). The van der Waals surface area contributed by atoms with Crippen LogP contribution in [0, 0.1) is 0 Å². The Labute approximate surface area is 369 Å². The van der Waals surface area contributed by atoms with Crippen molar-refractivity contribution in [2.75, 3.05) is 54.9 Å². The summed E-state index contributed by atoms with van der Waals surface area (Å²) in [6.07, 6.45) is 1.60. The number of anilines is 2. The summed E-state index contributed by atoms with van der Waals surface area (Å²) in [5.74, 6) is 0.476. The third-order valence-electron chi connectivity index (χ3n) is 11.3. The first-order valence-corrected chi connectivity index (χ1v) is 23.8. The highest BCUT2D eigenvalue weighted by Crippen LogP contribution is 2.43. The van der Waals surface area contributed by atoms with Crippen molar-refractivity contribution >= 4 is 67.9 Å². The molecule has 2 aromatic heterocycles. The lowest BCUT2D eigenvalue weighted by atomic mass is 9.85. The molecule has 1 saturated heterocycles. The molecule has 0 spiro atoms. The Morgan fingerprint density at radius 1 is 0.919 bits per heavy atom.